The van der Waals surface area contributed by atoms with Gasteiger partial charge in [-0.25, -0.2) is 0 Å². The molecule has 0 aliphatic carbocycles. The average Bonchev–Trinajstić information content (AvgIpc) is 3.28. The van der Waals surface area contributed by atoms with Gasteiger partial charge >= 0.3 is 130 Å². The van der Waals surface area contributed by atoms with Crippen LogP contribution in [0.4, 0.5) is 0 Å². The molecule has 0 aromatic rings. The Bertz CT molecular complexity index is 619. The van der Waals surface area contributed by atoms with Crippen LogP contribution in [0.5, 0.6) is 0 Å². The number of aliphatic hydroxyl groups is 1. The predicted octanol–water partition coefficient (Wildman–Crippen LogP) is 3.88. The number of aliphatic carboxylic acids is 1. The van der Waals surface area contributed by atoms with E-state index in [0.29, 0.717) is 18.9 Å². The summed E-state index contributed by atoms with van der Waals surface area (Å²) in [6, 6.07) is -0.257. The van der Waals surface area contributed by atoms with E-state index in [1.165, 1.54) is 43.3 Å². The van der Waals surface area contributed by atoms with Crippen molar-refractivity contribution in [1.82, 2.24) is 10.6 Å². The van der Waals surface area contributed by atoms with Crippen LogP contribution in [-0.4, -0.2) is 67.6 Å². The van der Waals surface area contributed by atoms with Gasteiger partial charge in [-0.2, -0.15) is 0 Å². The molecule has 1 rings (SSSR count). The van der Waals surface area contributed by atoms with Gasteiger partial charge in [-0.15, -0.1) is 0 Å². The number of hydrogen-bond donors (Lipinski definition) is 4. The maximum atomic E-state index is 11.6. The van der Waals surface area contributed by atoms with Crippen LogP contribution in [0.3, 0.4) is 0 Å². The summed E-state index contributed by atoms with van der Waals surface area (Å²) in [6.45, 7) is 10.6. The maximum Gasteiger partial charge on any atom is 0.220 e. The summed E-state index contributed by atoms with van der Waals surface area (Å²) in [6.07, 6.45) is 6.10. The smallest absolute Gasteiger partial charge is 0.220 e. The van der Waals surface area contributed by atoms with E-state index in [-0.39, 0.29) is 43.3 Å². The minimum atomic E-state index is -0.959. The van der Waals surface area contributed by atoms with Gasteiger partial charge in [-0.05, 0) is 26.2 Å². The molecular formula is C24H45AtN2O6S2. The van der Waals surface area contributed by atoms with Crippen LogP contribution in [0.1, 0.15) is 86.0 Å². The zero-order chi connectivity index (χ0) is 26.9. The molecule has 4 atom stereocenters. The molecule has 1 aliphatic rings. The van der Waals surface area contributed by atoms with Gasteiger partial charge in [-0.3, -0.25) is 4.79 Å². The number of ether oxygens (including phenoxy) is 1. The number of rotatable bonds is 16. The second kappa shape index (κ2) is 19.9. The number of nitrogens with one attached hydrogen (secondary N) is 2. The first-order chi connectivity index (χ1) is 16.4. The summed E-state index contributed by atoms with van der Waals surface area (Å²) in [5, 5.41) is 23.7. The number of carboxylic acid groups (broad SMARTS) is 1. The van der Waals surface area contributed by atoms with E-state index >= 15 is 0 Å². The molecule has 1 saturated heterocycles. The van der Waals surface area contributed by atoms with E-state index < -0.39 is 9.28 Å². The molecule has 0 bridgehead atoms. The zero-order valence-electron chi connectivity index (χ0n) is 21.8. The Balaban J connectivity index is 0.000000669. The van der Waals surface area contributed by atoms with Gasteiger partial charge in [0.1, 0.15) is 0 Å². The number of unbranched alkanes of at least 4 members (excludes halogenated alkanes) is 1. The zero-order valence-corrected chi connectivity index (χ0v) is 26.4. The van der Waals surface area contributed by atoms with Crippen molar-refractivity contribution >= 4 is 39.4 Å². The van der Waals surface area contributed by atoms with Crippen molar-refractivity contribution in [3.05, 3.63) is 0 Å². The van der Waals surface area contributed by atoms with E-state index in [2.05, 4.69) is 24.5 Å². The van der Waals surface area contributed by atoms with Crippen molar-refractivity contribution in [1.29, 1.82) is 0 Å². The molecule has 2 amide bonds. The third kappa shape index (κ3) is 19.7. The summed E-state index contributed by atoms with van der Waals surface area (Å²) >= 11 is 1.47. The Morgan fingerprint density at radius 3 is 2.29 bits per heavy atom. The van der Waals surface area contributed by atoms with E-state index in [0.717, 1.165) is 24.5 Å². The molecule has 35 heavy (non-hydrogen) atoms. The number of carbonyl (C=O) groups excluding carboxylic acids is 2. The molecule has 4 N–H and O–H groups in total. The predicted molar refractivity (Wildman–Crippen MR) is 140 cm³/mol. The molecule has 0 saturated carbocycles. The third-order valence-electron chi connectivity index (χ3n) is 5.38. The van der Waals surface area contributed by atoms with Gasteiger partial charge in [0, 0.05) is 23.5 Å². The summed E-state index contributed by atoms with van der Waals surface area (Å²) in [5.41, 5.74) is 0. The fraction of sp³-hybridized carbons (Fsp3) is 0.875. The van der Waals surface area contributed by atoms with E-state index in [1.807, 2.05) is 42.4 Å². The Labute approximate surface area is 234 Å². The quantitative estimate of drug-likeness (QED) is 0.139. The summed E-state index contributed by atoms with van der Waals surface area (Å²) < 4.78 is 5.41. The first-order valence-corrected chi connectivity index (χ1v) is 16.2. The summed E-state index contributed by atoms with van der Waals surface area (Å²) in [7, 11) is 3.97. The molecule has 11 heteroatoms. The van der Waals surface area contributed by atoms with E-state index in [1.54, 1.807) is 0 Å². The van der Waals surface area contributed by atoms with Gasteiger partial charge in [0.05, 0.1) is 6.61 Å². The number of aliphatic hydroxyl groups excluding tert-OH is 1. The van der Waals surface area contributed by atoms with Crippen LogP contribution in [0.15, 0.2) is 0 Å². The minimum absolute atomic E-state index is 0.00791. The standard InChI is InChI=1S/C13H24AtNO4.C11H21NO2S2/c1-9(2)7-8-19-13(4,14)10(3)15-11(16)5-6-12(17)18;1-9(8-13)12-11(14)5-3-2-4-10-6-7-15-16-10/h9-10H,5-8H2,1-4H3,(H,15,16)(H,17,18);9-10,13H,2-8H2,1H3,(H,12,14). The van der Waals surface area contributed by atoms with Crippen LogP contribution in [0, 0.1) is 30.6 Å². The molecule has 0 spiro atoms. The maximum absolute atomic E-state index is 11.6. The molecule has 0 aromatic carbocycles. The number of carbonyl (C=O) groups is 3. The Morgan fingerprint density at radius 2 is 1.74 bits per heavy atom. The summed E-state index contributed by atoms with van der Waals surface area (Å²) in [4.78, 5) is 33.3. The first-order valence-electron chi connectivity index (χ1n) is 12.4. The molecule has 4 unspecified atom stereocenters. The first kappa shape index (κ1) is 34.9. The Morgan fingerprint density at radius 1 is 1.09 bits per heavy atom. The molecular weight excluding hydrogens is 686 g/mol. The third-order valence-corrected chi connectivity index (χ3v) is 10.1. The summed E-state index contributed by atoms with van der Waals surface area (Å²) in [5.74, 6) is 0.728. The van der Waals surface area contributed by atoms with Crippen molar-refractivity contribution in [2.45, 2.75) is 107 Å². The number of carboxylic acids is 1. The molecule has 8 nitrogen and oxygen atoms in total. The minimum Gasteiger partial charge on any atom is -0.394 e. The number of hydrogen-bond acceptors (Lipinski definition) is 7. The second-order valence-electron chi connectivity index (χ2n) is 9.43. The molecule has 1 heterocycles. The SMILES string of the molecule is CC(C)CCOC(C)([At])C(C)NC(=O)CCC(=O)O.CC(CO)NC(=O)CCCCC1CCSS1. The largest absolute Gasteiger partial charge is 0.394 e. The van der Waals surface area contributed by atoms with Crippen molar-refractivity contribution in [3.8, 4) is 0 Å². The molecule has 0 radical (unpaired) electrons. The van der Waals surface area contributed by atoms with Crippen molar-refractivity contribution in [2.75, 3.05) is 19.0 Å². The van der Waals surface area contributed by atoms with Crippen LogP contribution < -0.4 is 10.6 Å². The molecule has 0 aromatic heterocycles. The Hall–Kier alpha value is -0.0869. The Kier molecular flexibility index (Phi) is 19.9. The van der Waals surface area contributed by atoms with Gasteiger partial charge in [0.25, 0.3) is 0 Å². The normalized spacial score (nSPS) is 18.7. The molecule has 1 fully saturated rings. The number of amides is 2. The van der Waals surface area contributed by atoms with Gasteiger partial charge in [0.2, 0.25) is 5.91 Å². The van der Waals surface area contributed by atoms with E-state index in [4.69, 9.17) is 14.9 Å². The van der Waals surface area contributed by atoms with Gasteiger partial charge < -0.3 is 10.4 Å². The van der Waals surface area contributed by atoms with Crippen LogP contribution >= 0.6 is 21.6 Å². The fourth-order valence-electron chi connectivity index (χ4n) is 2.90. The second-order valence-corrected chi connectivity index (χ2v) is 15.1. The fourth-order valence-corrected chi connectivity index (χ4v) is 6.44. The van der Waals surface area contributed by atoms with Crippen molar-refractivity contribution in [2.24, 2.45) is 5.92 Å². The monoisotopic (exact) mass is 731 g/mol. The van der Waals surface area contributed by atoms with E-state index in [9.17, 15) is 14.4 Å². The average molecular weight is 732 g/mol. The molecule has 1 aliphatic heterocycles. The van der Waals surface area contributed by atoms with Crippen LogP contribution in [0.2, 0.25) is 0 Å². The topological polar surface area (TPSA) is 125 Å². The van der Waals surface area contributed by atoms with Gasteiger partial charge in [0.15, 0.2) is 0 Å². The van der Waals surface area contributed by atoms with Gasteiger partial charge in [-0.1, -0.05) is 28.0 Å². The molecule has 206 valence electrons. The van der Waals surface area contributed by atoms with Crippen LogP contribution in [-0.2, 0) is 19.1 Å². The van der Waals surface area contributed by atoms with Crippen molar-refractivity contribution < 1.29 is 54.1 Å². The van der Waals surface area contributed by atoms with Crippen molar-refractivity contribution in [3.63, 3.8) is 0 Å². The van der Waals surface area contributed by atoms with Crippen LogP contribution in [0.25, 0.3) is 0 Å².